The van der Waals surface area contributed by atoms with Crippen LogP contribution in [0.4, 0.5) is 5.69 Å². The highest BCUT2D eigenvalue weighted by atomic mass is 16.5. The molecule has 122 valence electrons. The number of carbonyl (C=O) groups is 2. The number of hydrogen-bond donors (Lipinski definition) is 2. The van der Waals surface area contributed by atoms with Crippen LogP contribution < -0.4 is 5.32 Å². The second-order valence-corrected chi connectivity index (χ2v) is 5.35. The van der Waals surface area contributed by atoms with Gasteiger partial charge in [0.05, 0.1) is 12.1 Å². The van der Waals surface area contributed by atoms with Gasteiger partial charge in [0.2, 0.25) is 5.76 Å². The third-order valence-corrected chi connectivity index (χ3v) is 3.72. The maximum atomic E-state index is 12.2. The second-order valence-electron chi connectivity index (χ2n) is 5.35. The Labute approximate surface area is 134 Å². The molecule has 2 N–H and O–H groups in total. The molecule has 0 bridgehead atoms. The van der Waals surface area contributed by atoms with Crippen LogP contribution in [0.25, 0.3) is 0 Å². The van der Waals surface area contributed by atoms with E-state index in [0.717, 1.165) is 18.5 Å². The van der Waals surface area contributed by atoms with Crippen molar-refractivity contribution in [1.82, 2.24) is 5.16 Å². The first kappa shape index (κ1) is 16.7. The van der Waals surface area contributed by atoms with Crippen molar-refractivity contribution in [1.29, 1.82) is 0 Å². The normalized spacial score (nSPS) is 10.7. The van der Waals surface area contributed by atoms with E-state index in [1.54, 1.807) is 30.3 Å². The van der Waals surface area contributed by atoms with E-state index in [1.165, 1.54) is 0 Å². The Balaban J connectivity index is 2.03. The van der Waals surface area contributed by atoms with Gasteiger partial charge in [0.25, 0.3) is 5.91 Å². The highest BCUT2D eigenvalue weighted by Crippen LogP contribution is 2.22. The Morgan fingerprint density at radius 1 is 1.22 bits per heavy atom. The van der Waals surface area contributed by atoms with Crippen LogP contribution in [0.15, 0.2) is 34.9 Å². The van der Waals surface area contributed by atoms with Gasteiger partial charge in [0.15, 0.2) is 0 Å². The molecule has 6 nitrogen and oxygen atoms in total. The number of aromatic nitrogens is 1. The predicted octanol–water partition coefficient (Wildman–Crippen LogP) is 3.46. The zero-order chi connectivity index (χ0) is 16.8. The summed E-state index contributed by atoms with van der Waals surface area (Å²) in [6, 6.07) is 8.33. The third-order valence-electron chi connectivity index (χ3n) is 3.72. The fraction of sp³-hybridized carbons (Fsp3) is 0.353. The number of carboxylic acid groups (broad SMARTS) is 1. The van der Waals surface area contributed by atoms with Crippen LogP contribution in [-0.4, -0.2) is 22.1 Å². The molecule has 0 atom stereocenters. The number of aliphatic carboxylic acids is 1. The number of anilines is 1. The molecule has 0 saturated heterocycles. The van der Waals surface area contributed by atoms with Crippen LogP contribution in [0.1, 0.15) is 54.4 Å². The fourth-order valence-electron chi connectivity index (χ4n) is 2.37. The number of nitrogens with zero attached hydrogens (tertiary/aromatic N) is 1. The summed E-state index contributed by atoms with van der Waals surface area (Å²) >= 11 is 0. The summed E-state index contributed by atoms with van der Waals surface area (Å²) in [6.07, 6.45) is 1.83. The van der Waals surface area contributed by atoms with Gasteiger partial charge in [-0.3, -0.25) is 9.59 Å². The Morgan fingerprint density at radius 3 is 2.43 bits per heavy atom. The molecule has 1 amide bonds. The molecule has 1 heterocycles. The van der Waals surface area contributed by atoms with Gasteiger partial charge < -0.3 is 14.9 Å². The van der Waals surface area contributed by atoms with Crippen molar-refractivity contribution in [3.63, 3.8) is 0 Å². The SMILES string of the molecule is CCC(CC)c1cc(C(=O)Nc2ccc(CC(=O)O)cc2)on1. The first-order valence-electron chi connectivity index (χ1n) is 7.62. The minimum absolute atomic E-state index is 0.0465. The van der Waals surface area contributed by atoms with Gasteiger partial charge in [-0.25, -0.2) is 0 Å². The van der Waals surface area contributed by atoms with E-state index < -0.39 is 5.97 Å². The molecule has 0 aliphatic rings. The molecule has 0 aliphatic carbocycles. The van der Waals surface area contributed by atoms with Crippen LogP contribution in [0.2, 0.25) is 0 Å². The van der Waals surface area contributed by atoms with Crippen molar-refractivity contribution in [2.45, 2.75) is 39.0 Å². The Bertz CT molecular complexity index is 672. The molecular weight excluding hydrogens is 296 g/mol. The van der Waals surface area contributed by atoms with Gasteiger partial charge in [-0.05, 0) is 30.5 Å². The number of benzene rings is 1. The van der Waals surface area contributed by atoms with Crippen molar-refractivity contribution in [3.8, 4) is 0 Å². The highest BCUT2D eigenvalue weighted by Gasteiger charge is 2.17. The monoisotopic (exact) mass is 316 g/mol. The average molecular weight is 316 g/mol. The standard InChI is InChI=1S/C17H20N2O4/c1-3-12(4-2)14-10-15(23-19-14)17(22)18-13-7-5-11(6-8-13)9-16(20)21/h5-8,10,12H,3-4,9H2,1-2H3,(H,18,22)(H,20,21). The summed E-state index contributed by atoms with van der Waals surface area (Å²) in [5.74, 6) is -0.810. The van der Waals surface area contributed by atoms with E-state index in [2.05, 4.69) is 24.3 Å². The molecule has 1 aromatic carbocycles. The maximum absolute atomic E-state index is 12.2. The predicted molar refractivity (Wildman–Crippen MR) is 85.6 cm³/mol. The molecule has 0 unspecified atom stereocenters. The van der Waals surface area contributed by atoms with Crippen LogP contribution in [0, 0.1) is 0 Å². The number of carboxylic acids is 1. The van der Waals surface area contributed by atoms with Gasteiger partial charge in [-0.15, -0.1) is 0 Å². The first-order chi connectivity index (χ1) is 11.0. The second kappa shape index (κ2) is 7.58. The van der Waals surface area contributed by atoms with Gasteiger partial charge in [-0.2, -0.15) is 0 Å². The van der Waals surface area contributed by atoms with Crippen LogP contribution in [0.3, 0.4) is 0 Å². The van der Waals surface area contributed by atoms with E-state index in [9.17, 15) is 9.59 Å². The molecule has 0 saturated carbocycles. The zero-order valence-corrected chi connectivity index (χ0v) is 13.2. The molecule has 0 spiro atoms. The van der Waals surface area contributed by atoms with E-state index in [-0.39, 0.29) is 24.0 Å². The average Bonchev–Trinajstić information content (AvgIpc) is 3.00. The number of hydrogen-bond acceptors (Lipinski definition) is 4. The third kappa shape index (κ3) is 4.42. The smallest absolute Gasteiger partial charge is 0.307 e. The lowest BCUT2D eigenvalue weighted by Gasteiger charge is -2.06. The molecule has 0 fully saturated rings. The minimum Gasteiger partial charge on any atom is -0.481 e. The molecule has 2 aromatic rings. The topological polar surface area (TPSA) is 92.4 Å². The molecule has 23 heavy (non-hydrogen) atoms. The van der Waals surface area contributed by atoms with Crippen LogP contribution in [-0.2, 0) is 11.2 Å². The zero-order valence-electron chi connectivity index (χ0n) is 13.2. The molecule has 1 aromatic heterocycles. The maximum Gasteiger partial charge on any atom is 0.307 e. The number of amides is 1. The molecule has 0 radical (unpaired) electrons. The summed E-state index contributed by atoms with van der Waals surface area (Å²) in [4.78, 5) is 22.8. The van der Waals surface area contributed by atoms with E-state index in [0.29, 0.717) is 11.3 Å². The van der Waals surface area contributed by atoms with Crippen LogP contribution in [0.5, 0.6) is 0 Å². The van der Waals surface area contributed by atoms with Crippen molar-refractivity contribution < 1.29 is 19.2 Å². The van der Waals surface area contributed by atoms with Crippen molar-refractivity contribution in [2.75, 3.05) is 5.32 Å². The molecule has 6 heteroatoms. The van der Waals surface area contributed by atoms with Gasteiger partial charge in [-0.1, -0.05) is 31.1 Å². The minimum atomic E-state index is -0.891. The van der Waals surface area contributed by atoms with Gasteiger partial charge in [0.1, 0.15) is 0 Å². The van der Waals surface area contributed by atoms with Crippen molar-refractivity contribution in [3.05, 3.63) is 47.3 Å². The lowest BCUT2D eigenvalue weighted by molar-refractivity contribution is -0.136. The Morgan fingerprint density at radius 2 is 1.87 bits per heavy atom. The highest BCUT2D eigenvalue weighted by molar-refractivity contribution is 6.02. The van der Waals surface area contributed by atoms with E-state index in [4.69, 9.17) is 9.63 Å². The Kier molecular flexibility index (Phi) is 5.51. The summed E-state index contributed by atoms with van der Waals surface area (Å²) in [6.45, 7) is 4.14. The largest absolute Gasteiger partial charge is 0.481 e. The quantitative estimate of drug-likeness (QED) is 0.816. The molecular formula is C17H20N2O4. The fourth-order valence-corrected chi connectivity index (χ4v) is 2.37. The lowest BCUT2D eigenvalue weighted by Crippen LogP contribution is -2.11. The number of nitrogens with one attached hydrogen (secondary N) is 1. The Hall–Kier alpha value is -2.63. The summed E-state index contributed by atoms with van der Waals surface area (Å²) in [5, 5.41) is 15.4. The lowest BCUT2D eigenvalue weighted by atomic mass is 9.99. The first-order valence-corrected chi connectivity index (χ1v) is 7.62. The van der Waals surface area contributed by atoms with Crippen molar-refractivity contribution >= 4 is 17.6 Å². The summed E-state index contributed by atoms with van der Waals surface area (Å²) < 4.78 is 5.12. The summed E-state index contributed by atoms with van der Waals surface area (Å²) in [7, 11) is 0. The summed E-state index contributed by atoms with van der Waals surface area (Å²) in [5.41, 5.74) is 2.03. The van der Waals surface area contributed by atoms with Crippen LogP contribution >= 0.6 is 0 Å². The van der Waals surface area contributed by atoms with Gasteiger partial charge in [0, 0.05) is 17.7 Å². The molecule has 0 aliphatic heterocycles. The van der Waals surface area contributed by atoms with E-state index in [1.807, 2.05) is 0 Å². The number of carbonyl (C=O) groups excluding carboxylic acids is 1. The van der Waals surface area contributed by atoms with Gasteiger partial charge >= 0.3 is 5.97 Å². The molecule has 2 rings (SSSR count). The number of rotatable bonds is 7. The van der Waals surface area contributed by atoms with Crippen molar-refractivity contribution in [2.24, 2.45) is 0 Å². The van der Waals surface area contributed by atoms with E-state index >= 15 is 0 Å².